The van der Waals surface area contributed by atoms with Crippen molar-refractivity contribution in [3.63, 3.8) is 0 Å². The number of nitrogens with zero attached hydrogens (tertiary/aromatic N) is 1. The quantitative estimate of drug-likeness (QED) is 0.793. The minimum absolute atomic E-state index is 0.0693. The summed E-state index contributed by atoms with van der Waals surface area (Å²) in [6.07, 6.45) is -3.04. The van der Waals surface area contributed by atoms with Gasteiger partial charge in [-0.25, -0.2) is 4.79 Å². The van der Waals surface area contributed by atoms with Crippen LogP contribution in [0, 0.1) is 0 Å². The lowest BCUT2D eigenvalue weighted by Gasteiger charge is -2.32. The molecule has 5 nitrogen and oxygen atoms in total. The van der Waals surface area contributed by atoms with Gasteiger partial charge in [0, 0.05) is 31.4 Å². The van der Waals surface area contributed by atoms with Gasteiger partial charge in [-0.15, -0.1) is 13.2 Å². The first-order valence-electron chi connectivity index (χ1n) is 9.07. The third kappa shape index (κ3) is 6.45. The molecule has 0 radical (unpaired) electrons. The number of halogens is 3. The molecule has 28 heavy (non-hydrogen) atoms. The predicted octanol–water partition coefficient (Wildman–Crippen LogP) is 4.37. The second-order valence-electron chi connectivity index (χ2n) is 6.71. The number of hydrogen-bond acceptors (Lipinski definition) is 3. The fourth-order valence-corrected chi connectivity index (χ4v) is 3.17. The van der Waals surface area contributed by atoms with Crippen molar-refractivity contribution < 1.29 is 22.7 Å². The van der Waals surface area contributed by atoms with Gasteiger partial charge in [0.05, 0.1) is 0 Å². The first-order chi connectivity index (χ1) is 13.4. The van der Waals surface area contributed by atoms with E-state index in [9.17, 15) is 18.0 Å². The number of benzene rings is 2. The van der Waals surface area contributed by atoms with Crippen LogP contribution in [0.15, 0.2) is 54.6 Å². The summed E-state index contributed by atoms with van der Waals surface area (Å²) in [6, 6.07) is 15.0. The van der Waals surface area contributed by atoms with Crippen LogP contribution >= 0.6 is 0 Å². The van der Waals surface area contributed by atoms with E-state index in [4.69, 9.17) is 0 Å². The molecule has 1 aliphatic heterocycles. The Morgan fingerprint density at radius 1 is 1.04 bits per heavy atom. The molecule has 8 heteroatoms. The van der Waals surface area contributed by atoms with E-state index >= 15 is 0 Å². The Morgan fingerprint density at radius 3 is 2.29 bits per heavy atom. The molecule has 0 saturated carbocycles. The number of likely N-dealkylation sites (tertiary alicyclic amines) is 1. The van der Waals surface area contributed by atoms with Crippen molar-refractivity contribution >= 4 is 11.7 Å². The van der Waals surface area contributed by atoms with Crippen LogP contribution < -0.4 is 15.4 Å². The molecule has 150 valence electrons. The van der Waals surface area contributed by atoms with E-state index in [1.807, 2.05) is 18.2 Å². The summed E-state index contributed by atoms with van der Waals surface area (Å²) in [6.45, 7) is 2.68. The maximum absolute atomic E-state index is 12.2. The predicted molar refractivity (Wildman–Crippen MR) is 100 cm³/mol. The number of piperidine rings is 1. The molecule has 2 N–H and O–H groups in total. The molecule has 2 amide bonds. The second kappa shape index (κ2) is 8.97. The zero-order valence-electron chi connectivity index (χ0n) is 15.2. The molecule has 1 heterocycles. The first-order valence-corrected chi connectivity index (χ1v) is 9.07. The van der Waals surface area contributed by atoms with Gasteiger partial charge in [-0.05, 0) is 42.7 Å². The van der Waals surface area contributed by atoms with Gasteiger partial charge in [0.25, 0.3) is 0 Å². The maximum Gasteiger partial charge on any atom is 0.573 e. The molecule has 2 aromatic rings. The lowest BCUT2D eigenvalue weighted by atomic mass is 10.0. The summed E-state index contributed by atoms with van der Waals surface area (Å²) >= 11 is 0. The average Bonchev–Trinajstić information content (AvgIpc) is 2.65. The van der Waals surface area contributed by atoms with Gasteiger partial charge >= 0.3 is 12.4 Å². The topological polar surface area (TPSA) is 53.6 Å². The van der Waals surface area contributed by atoms with Crippen molar-refractivity contribution in [2.24, 2.45) is 0 Å². The highest BCUT2D eigenvalue weighted by Crippen LogP contribution is 2.24. The molecule has 0 unspecified atom stereocenters. The molecule has 0 aliphatic carbocycles. The zero-order valence-corrected chi connectivity index (χ0v) is 15.2. The normalized spacial score (nSPS) is 15.8. The van der Waals surface area contributed by atoms with Gasteiger partial charge in [-0.1, -0.05) is 30.3 Å². The lowest BCUT2D eigenvalue weighted by Crippen LogP contribution is -2.45. The van der Waals surface area contributed by atoms with Gasteiger partial charge in [0.15, 0.2) is 0 Å². The Hall–Kier alpha value is -2.74. The molecule has 3 rings (SSSR count). The molecule has 0 spiro atoms. The molecule has 0 bridgehead atoms. The summed E-state index contributed by atoms with van der Waals surface area (Å²) in [5.41, 5.74) is 1.66. The number of rotatable bonds is 5. The molecular weight excluding hydrogens is 371 g/mol. The van der Waals surface area contributed by atoms with Crippen LogP contribution in [0.2, 0.25) is 0 Å². The van der Waals surface area contributed by atoms with E-state index in [0.717, 1.165) is 44.6 Å². The van der Waals surface area contributed by atoms with Crippen molar-refractivity contribution in [1.82, 2.24) is 10.2 Å². The molecular formula is C20H22F3N3O2. The van der Waals surface area contributed by atoms with E-state index in [-0.39, 0.29) is 17.8 Å². The van der Waals surface area contributed by atoms with Crippen LogP contribution in [0.25, 0.3) is 0 Å². The number of urea groups is 1. The Kier molecular flexibility index (Phi) is 6.41. The minimum Gasteiger partial charge on any atom is -0.406 e. The molecule has 1 fully saturated rings. The number of amides is 2. The highest BCUT2D eigenvalue weighted by atomic mass is 19.4. The number of ether oxygens (including phenoxy) is 1. The third-order valence-corrected chi connectivity index (χ3v) is 4.52. The fourth-order valence-electron chi connectivity index (χ4n) is 3.17. The second-order valence-corrected chi connectivity index (χ2v) is 6.71. The molecule has 0 atom stereocenters. The first kappa shape index (κ1) is 20.0. The molecule has 2 aromatic carbocycles. The number of alkyl halides is 3. The van der Waals surface area contributed by atoms with E-state index < -0.39 is 6.36 Å². The number of carbonyl (C=O) groups excluding carboxylic acids is 1. The molecule has 1 aliphatic rings. The molecule has 1 saturated heterocycles. The summed E-state index contributed by atoms with van der Waals surface area (Å²) < 4.78 is 40.3. The lowest BCUT2D eigenvalue weighted by molar-refractivity contribution is -0.274. The van der Waals surface area contributed by atoms with Crippen molar-refractivity contribution in [3.05, 3.63) is 60.2 Å². The van der Waals surface area contributed by atoms with Gasteiger partial charge in [0.1, 0.15) is 5.75 Å². The van der Waals surface area contributed by atoms with E-state index in [2.05, 4.69) is 32.4 Å². The van der Waals surface area contributed by atoms with Crippen LogP contribution in [0.4, 0.5) is 23.7 Å². The highest BCUT2D eigenvalue weighted by molar-refractivity contribution is 5.89. The summed E-state index contributed by atoms with van der Waals surface area (Å²) in [4.78, 5) is 14.5. The third-order valence-electron chi connectivity index (χ3n) is 4.52. The van der Waals surface area contributed by atoms with Crippen LogP contribution in [0.5, 0.6) is 5.75 Å². The zero-order chi connectivity index (χ0) is 20.0. The van der Waals surface area contributed by atoms with Crippen molar-refractivity contribution in [1.29, 1.82) is 0 Å². The van der Waals surface area contributed by atoms with Crippen LogP contribution in [0.3, 0.4) is 0 Å². The van der Waals surface area contributed by atoms with Crippen molar-refractivity contribution in [2.75, 3.05) is 18.4 Å². The minimum atomic E-state index is -4.73. The number of carbonyl (C=O) groups is 1. The standard InChI is InChI=1S/C20H22F3N3O2/c21-20(22,23)28-18-8-6-16(7-9-18)24-19(27)25-17-10-12-26(13-11-17)14-15-4-2-1-3-5-15/h1-9,17H,10-14H2,(H2,24,25,27). The highest BCUT2D eigenvalue weighted by Gasteiger charge is 2.31. The van der Waals surface area contributed by atoms with Crippen molar-refractivity contribution in [3.8, 4) is 5.75 Å². The Labute approximate surface area is 161 Å². The Bertz CT molecular complexity index is 759. The van der Waals surface area contributed by atoms with Gasteiger partial charge in [-0.2, -0.15) is 0 Å². The van der Waals surface area contributed by atoms with Crippen LogP contribution in [-0.4, -0.2) is 36.4 Å². The largest absolute Gasteiger partial charge is 0.573 e. The van der Waals surface area contributed by atoms with E-state index in [1.54, 1.807) is 0 Å². The van der Waals surface area contributed by atoms with Crippen LogP contribution in [0.1, 0.15) is 18.4 Å². The van der Waals surface area contributed by atoms with E-state index in [1.165, 1.54) is 17.7 Å². The SMILES string of the molecule is O=C(Nc1ccc(OC(F)(F)F)cc1)NC1CCN(Cc2ccccc2)CC1. The monoisotopic (exact) mass is 393 g/mol. The van der Waals surface area contributed by atoms with Gasteiger partial charge in [0.2, 0.25) is 0 Å². The van der Waals surface area contributed by atoms with Gasteiger partial charge in [-0.3, -0.25) is 4.90 Å². The van der Waals surface area contributed by atoms with E-state index in [0.29, 0.717) is 5.69 Å². The van der Waals surface area contributed by atoms with Gasteiger partial charge < -0.3 is 15.4 Å². The number of hydrogen-bond donors (Lipinski definition) is 2. The smallest absolute Gasteiger partial charge is 0.406 e. The number of nitrogens with one attached hydrogen (secondary N) is 2. The maximum atomic E-state index is 12.2. The van der Waals surface area contributed by atoms with Crippen molar-refractivity contribution in [2.45, 2.75) is 31.8 Å². The average molecular weight is 393 g/mol. The fraction of sp³-hybridized carbons (Fsp3) is 0.350. The summed E-state index contributed by atoms with van der Waals surface area (Å²) in [7, 11) is 0. The van der Waals surface area contributed by atoms with Crippen LogP contribution in [-0.2, 0) is 6.54 Å². The Balaban J connectivity index is 1.41. The summed E-state index contributed by atoms with van der Waals surface area (Å²) in [5.74, 6) is -0.329. The molecule has 0 aromatic heterocycles. The summed E-state index contributed by atoms with van der Waals surface area (Å²) in [5, 5.41) is 5.55. The Morgan fingerprint density at radius 2 is 1.68 bits per heavy atom. The number of anilines is 1.